The highest BCUT2D eigenvalue weighted by Gasteiger charge is 2.29. The molecule has 110 valence electrons. The van der Waals surface area contributed by atoms with Gasteiger partial charge in [0.2, 0.25) is 0 Å². The van der Waals surface area contributed by atoms with Crippen molar-refractivity contribution in [3.63, 3.8) is 0 Å². The maximum Gasteiger partial charge on any atom is 0.162 e. The summed E-state index contributed by atoms with van der Waals surface area (Å²) < 4.78 is 10.7. The largest absolute Gasteiger partial charge is 0.493 e. The Morgan fingerprint density at radius 1 is 1.00 bits per heavy atom. The molecule has 4 heteroatoms. The van der Waals surface area contributed by atoms with Gasteiger partial charge in [-0.15, -0.1) is 0 Å². The number of methoxy groups -OCH3 is 2. The van der Waals surface area contributed by atoms with E-state index in [0.29, 0.717) is 0 Å². The number of piperazine rings is 1. The zero-order valence-corrected chi connectivity index (χ0v) is 12.5. The molecule has 2 aliphatic heterocycles. The minimum atomic E-state index is 0.727. The van der Waals surface area contributed by atoms with E-state index in [2.05, 4.69) is 21.9 Å². The molecule has 2 fully saturated rings. The Kier molecular flexibility index (Phi) is 4.01. The van der Waals surface area contributed by atoms with Crippen LogP contribution < -0.4 is 14.4 Å². The third kappa shape index (κ3) is 2.57. The Morgan fingerprint density at radius 3 is 2.65 bits per heavy atom. The fourth-order valence-corrected chi connectivity index (χ4v) is 3.41. The van der Waals surface area contributed by atoms with E-state index in [4.69, 9.17) is 9.47 Å². The van der Waals surface area contributed by atoms with Crippen LogP contribution in [0.25, 0.3) is 0 Å². The highest BCUT2D eigenvalue weighted by atomic mass is 16.5. The smallest absolute Gasteiger partial charge is 0.162 e. The highest BCUT2D eigenvalue weighted by molar-refractivity contribution is 5.56. The molecule has 2 aliphatic rings. The third-order valence-electron chi connectivity index (χ3n) is 4.57. The summed E-state index contributed by atoms with van der Waals surface area (Å²) in [6, 6.07) is 6.96. The molecule has 1 atom stereocenters. The molecule has 0 N–H and O–H groups in total. The topological polar surface area (TPSA) is 24.9 Å². The quantitative estimate of drug-likeness (QED) is 0.846. The normalized spacial score (nSPS) is 23.3. The molecule has 0 aliphatic carbocycles. The first-order chi connectivity index (χ1) is 9.81. The number of anilines is 1. The summed E-state index contributed by atoms with van der Waals surface area (Å²) in [7, 11) is 3.37. The summed E-state index contributed by atoms with van der Waals surface area (Å²) in [6.45, 7) is 4.70. The minimum Gasteiger partial charge on any atom is -0.493 e. The van der Waals surface area contributed by atoms with Crippen molar-refractivity contribution in [2.45, 2.75) is 25.3 Å². The Bertz CT molecular complexity index is 464. The zero-order valence-electron chi connectivity index (χ0n) is 12.5. The molecule has 1 aromatic rings. The maximum atomic E-state index is 5.41. The summed E-state index contributed by atoms with van der Waals surface area (Å²) in [4.78, 5) is 5.13. The summed E-state index contributed by atoms with van der Waals surface area (Å²) in [6.07, 6.45) is 4.08. The van der Waals surface area contributed by atoms with E-state index in [-0.39, 0.29) is 0 Å². The number of nitrogens with zero attached hydrogens (tertiary/aromatic N) is 2. The van der Waals surface area contributed by atoms with Crippen LogP contribution in [-0.2, 0) is 0 Å². The number of piperidine rings is 1. The van der Waals surface area contributed by atoms with E-state index in [0.717, 1.165) is 30.6 Å². The average molecular weight is 276 g/mol. The van der Waals surface area contributed by atoms with Crippen molar-refractivity contribution in [3.05, 3.63) is 18.2 Å². The van der Waals surface area contributed by atoms with Gasteiger partial charge in [-0.1, -0.05) is 6.42 Å². The molecule has 0 amide bonds. The predicted molar refractivity (Wildman–Crippen MR) is 81.0 cm³/mol. The van der Waals surface area contributed by atoms with Crippen LogP contribution in [0.5, 0.6) is 11.5 Å². The Morgan fingerprint density at radius 2 is 1.85 bits per heavy atom. The van der Waals surface area contributed by atoms with Crippen molar-refractivity contribution < 1.29 is 9.47 Å². The third-order valence-corrected chi connectivity index (χ3v) is 4.57. The predicted octanol–water partition coefficient (Wildman–Crippen LogP) is 2.38. The first-order valence-corrected chi connectivity index (χ1v) is 7.53. The van der Waals surface area contributed by atoms with Crippen LogP contribution in [0.4, 0.5) is 5.69 Å². The van der Waals surface area contributed by atoms with Crippen LogP contribution in [0, 0.1) is 0 Å². The summed E-state index contributed by atoms with van der Waals surface area (Å²) >= 11 is 0. The van der Waals surface area contributed by atoms with Gasteiger partial charge < -0.3 is 14.4 Å². The van der Waals surface area contributed by atoms with Gasteiger partial charge in [0.1, 0.15) is 0 Å². The second kappa shape index (κ2) is 5.92. The molecular formula is C16H24N2O2. The summed E-state index contributed by atoms with van der Waals surface area (Å²) in [5.41, 5.74) is 1.24. The van der Waals surface area contributed by atoms with Crippen LogP contribution in [-0.4, -0.2) is 51.3 Å². The molecule has 20 heavy (non-hydrogen) atoms. The lowest BCUT2D eigenvalue weighted by atomic mass is 9.99. The minimum absolute atomic E-state index is 0.727. The van der Waals surface area contributed by atoms with Crippen molar-refractivity contribution in [3.8, 4) is 11.5 Å². The molecule has 0 radical (unpaired) electrons. The molecule has 0 aromatic heterocycles. The number of fused-ring (bicyclic) bond motifs is 1. The Hall–Kier alpha value is -1.42. The van der Waals surface area contributed by atoms with Gasteiger partial charge in [-0.05, 0) is 31.5 Å². The number of benzene rings is 1. The van der Waals surface area contributed by atoms with E-state index < -0.39 is 0 Å². The molecule has 1 aromatic carbocycles. The molecule has 0 bridgehead atoms. The van der Waals surface area contributed by atoms with Crippen LogP contribution in [0.3, 0.4) is 0 Å². The monoisotopic (exact) mass is 276 g/mol. The number of hydrogen-bond donors (Lipinski definition) is 0. The van der Waals surface area contributed by atoms with E-state index in [1.54, 1.807) is 14.2 Å². The van der Waals surface area contributed by atoms with Crippen LogP contribution in [0.1, 0.15) is 19.3 Å². The fourth-order valence-electron chi connectivity index (χ4n) is 3.41. The van der Waals surface area contributed by atoms with Crippen molar-refractivity contribution in [2.75, 3.05) is 45.3 Å². The van der Waals surface area contributed by atoms with Crippen LogP contribution in [0.2, 0.25) is 0 Å². The van der Waals surface area contributed by atoms with Crippen molar-refractivity contribution >= 4 is 5.69 Å². The van der Waals surface area contributed by atoms with Crippen LogP contribution in [0.15, 0.2) is 18.2 Å². The van der Waals surface area contributed by atoms with Gasteiger partial charge in [0.15, 0.2) is 11.5 Å². The summed E-state index contributed by atoms with van der Waals surface area (Å²) in [5, 5.41) is 0. The molecular weight excluding hydrogens is 252 g/mol. The lowest BCUT2D eigenvalue weighted by Crippen LogP contribution is -2.54. The van der Waals surface area contributed by atoms with E-state index >= 15 is 0 Å². The fraction of sp³-hybridized carbons (Fsp3) is 0.625. The van der Waals surface area contributed by atoms with Crippen molar-refractivity contribution in [2.24, 2.45) is 0 Å². The molecule has 4 nitrogen and oxygen atoms in total. The van der Waals surface area contributed by atoms with E-state index in [1.807, 2.05) is 6.07 Å². The Balaban J connectivity index is 1.76. The van der Waals surface area contributed by atoms with Gasteiger partial charge in [0.25, 0.3) is 0 Å². The van der Waals surface area contributed by atoms with Gasteiger partial charge >= 0.3 is 0 Å². The maximum absolute atomic E-state index is 5.41. The Labute approximate surface area is 121 Å². The lowest BCUT2D eigenvalue weighted by molar-refractivity contribution is 0.133. The van der Waals surface area contributed by atoms with Crippen LogP contribution >= 0.6 is 0 Å². The van der Waals surface area contributed by atoms with Gasteiger partial charge in [-0.2, -0.15) is 0 Å². The molecule has 1 unspecified atom stereocenters. The van der Waals surface area contributed by atoms with E-state index in [1.165, 1.54) is 38.0 Å². The number of ether oxygens (including phenoxy) is 2. The molecule has 2 heterocycles. The first-order valence-electron chi connectivity index (χ1n) is 7.53. The van der Waals surface area contributed by atoms with Crippen molar-refractivity contribution in [1.82, 2.24) is 4.90 Å². The highest BCUT2D eigenvalue weighted by Crippen LogP contribution is 2.33. The summed E-state index contributed by atoms with van der Waals surface area (Å²) in [5.74, 6) is 1.61. The van der Waals surface area contributed by atoms with Crippen molar-refractivity contribution in [1.29, 1.82) is 0 Å². The lowest BCUT2D eigenvalue weighted by Gasteiger charge is -2.45. The number of rotatable bonds is 3. The van der Waals surface area contributed by atoms with Gasteiger partial charge in [0, 0.05) is 37.4 Å². The molecule has 0 spiro atoms. The zero-order chi connectivity index (χ0) is 13.9. The van der Waals surface area contributed by atoms with E-state index in [9.17, 15) is 0 Å². The van der Waals surface area contributed by atoms with Gasteiger partial charge in [-0.25, -0.2) is 0 Å². The van der Waals surface area contributed by atoms with Gasteiger partial charge in [-0.3, -0.25) is 4.90 Å². The second-order valence-electron chi connectivity index (χ2n) is 5.67. The van der Waals surface area contributed by atoms with Gasteiger partial charge in [0.05, 0.1) is 14.2 Å². The second-order valence-corrected chi connectivity index (χ2v) is 5.67. The average Bonchev–Trinajstić information content (AvgIpc) is 2.53. The molecule has 3 rings (SSSR count). The number of hydrogen-bond acceptors (Lipinski definition) is 4. The molecule has 0 saturated carbocycles. The standard InChI is InChI=1S/C16H24N2O2/c1-19-15-7-6-13(11-16(15)20-2)18-10-9-17-8-4-3-5-14(17)12-18/h6-7,11,14H,3-5,8-10,12H2,1-2H3. The molecule has 2 saturated heterocycles. The first kappa shape index (κ1) is 13.6. The SMILES string of the molecule is COc1ccc(N2CCN3CCCCC3C2)cc1OC.